The van der Waals surface area contributed by atoms with Crippen molar-refractivity contribution < 1.29 is 19.1 Å². The van der Waals surface area contributed by atoms with Crippen molar-refractivity contribution in [2.45, 2.75) is 6.54 Å². The highest BCUT2D eigenvalue weighted by atomic mass is 16.5. The SMILES string of the molecule is COc1ccc(N2CCN(CC(=O)NCc3ccccc3OC)C2=O)cc1. The first kappa shape index (κ1) is 18.6. The third kappa shape index (κ3) is 4.31. The van der Waals surface area contributed by atoms with Crippen LogP contribution in [0.1, 0.15) is 5.56 Å². The summed E-state index contributed by atoms with van der Waals surface area (Å²) in [6, 6.07) is 14.6. The van der Waals surface area contributed by atoms with E-state index in [9.17, 15) is 9.59 Å². The number of benzene rings is 2. The highest BCUT2D eigenvalue weighted by Gasteiger charge is 2.30. The maximum Gasteiger partial charge on any atom is 0.325 e. The lowest BCUT2D eigenvalue weighted by Gasteiger charge is -2.19. The van der Waals surface area contributed by atoms with Gasteiger partial charge in [-0.1, -0.05) is 18.2 Å². The summed E-state index contributed by atoms with van der Waals surface area (Å²) < 4.78 is 10.4. The highest BCUT2D eigenvalue weighted by molar-refractivity contribution is 5.96. The van der Waals surface area contributed by atoms with Crippen molar-refractivity contribution in [2.75, 3.05) is 38.8 Å². The molecule has 2 aromatic carbocycles. The predicted octanol–water partition coefficient (Wildman–Crippen LogP) is 2.26. The quantitative estimate of drug-likeness (QED) is 0.813. The number of ether oxygens (including phenoxy) is 2. The molecule has 0 spiro atoms. The van der Waals surface area contributed by atoms with Gasteiger partial charge < -0.3 is 19.7 Å². The van der Waals surface area contributed by atoms with Gasteiger partial charge in [-0.15, -0.1) is 0 Å². The molecular weight excluding hydrogens is 346 g/mol. The molecule has 0 aromatic heterocycles. The number of hydrogen-bond acceptors (Lipinski definition) is 4. The average Bonchev–Trinajstić information content (AvgIpc) is 3.06. The third-order valence-corrected chi connectivity index (χ3v) is 4.48. The molecule has 7 nitrogen and oxygen atoms in total. The zero-order valence-corrected chi connectivity index (χ0v) is 15.5. The van der Waals surface area contributed by atoms with Gasteiger partial charge in [0.25, 0.3) is 0 Å². The van der Waals surface area contributed by atoms with E-state index in [2.05, 4.69) is 5.32 Å². The summed E-state index contributed by atoms with van der Waals surface area (Å²) >= 11 is 0. The van der Waals surface area contributed by atoms with Crippen LogP contribution in [0.3, 0.4) is 0 Å². The summed E-state index contributed by atoms with van der Waals surface area (Å²) in [6.45, 7) is 1.44. The predicted molar refractivity (Wildman–Crippen MR) is 102 cm³/mol. The van der Waals surface area contributed by atoms with E-state index in [4.69, 9.17) is 9.47 Å². The molecule has 1 aliphatic rings. The third-order valence-electron chi connectivity index (χ3n) is 4.48. The minimum Gasteiger partial charge on any atom is -0.497 e. The zero-order valence-electron chi connectivity index (χ0n) is 15.5. The number of rotatable bonds is 7. The van der Waals surface area contributed by atoms with E-state index >= 15 is 0 Å². The van der Waals surface area contributed by atoms with Gasteiger partial charge >= 0.3 is 6.03 Å². The van der Waals surface area contributed by atoms with Gasteiger partial charge in [-0.2, -0.15) is 0 Å². The van der Waals surface area contributed by atoms with Crippen molar-refractivity contribution in [1.29, 1.82) is 0 Å². The molecule has 0 unspecified atom stereocenters. The number of carbonyl (C=O) groups excluding carboxylic acids is 2. The molecule has 0 atom stereocenters. The fourth-order valence-electron chi connectivity index (χ4n) is 3.00. The summed E-state index contributed by atoms with van der Waals surface area (Å²) in [5, 5.41) is 2.84. The first-order chi connectivity index (χ1) is 13.1. The number of nitrogens with zero attached hydrogens (tertiary/aromatic N) is 2. The van der Waals surface area contributed by atoms with Gasteiger partial charge in [0.15, 0.2) is 0 Å². The summed E-state index contributed by atoms with van der Waals surface area (Å²) in [5.74, 6) is 1.25. The zero-order chi connectivity index (χ0) is 19.2. The molecule has 0 bridgehead atoms. The molecule has 1 aliphatic heterocycles. The Bertz CT molecular complexity index is 807. The molecule has 2 aromatic rings. The van der Waals surface area contributed by atoms with Crippen molar-refractivity contribution >= 4 is 17.6 Å². The normalized spacial score (nSPS) is 13.6. The summed E-state index contributed by atoms with van der Waals surface area (Å²) in [4.78, 5) is 28.1. The van der Waals surface area contributed by atoms with E-state index in [1.165, 1.54) is 0 Å². The standard InChI is InChI=1S/C20H23N3O4/c1-26-17-9-7-16(8-10-17)23-12-11-22(20(23)25)14-19(24)21-13-15-5-3-4-6-18(15)27-2/h3-10H,11-14H2,1-2H3,(H,21,24). The van der Waals surface area contributed by atoms with Crippen LogP contribution in [-0.2, 0) is 11.3 Å². The minimum atomic E-state index is -0.203. The Labute approximate surface area is 158 Å². The number of amides is 3. The second-order valence-corrected chi connectivity index (χ2v) is 6.14. The lowest BCUT2D eigenvalue weighted by Crippen LogP contribution is -2.39. The minimum absolute atomic E-state index is 0.0284. The molecular formula is C20H23N3O4. The fourth-order valence-corrected chi connectivity index (χ4v) is 3.00. The molecule has 0 saturated carbocycles. The molecule has 3 rings (SSSR count). The number of para-hydroxylation sites is 1. The van der Waals surface area contributed by atoms with E-state index in [0.717, 1.165) is 22.7 Å². The molecule has 3 amide bonds. The Morgan fingerprint density at radius 2 is 1.78 bits per heavy atom. The maximum absolute atomic E-state index is 12.6. The highest BCUT2D eigenvalue weighted by Crippen LogP contribution is 2.23. The molecule has 7 heteroatoms. The Kier molecular flexibility index (Phi) is 5.80. The van der Waals surface area contributed by atoms with Crippen LogP contribution < -0.4 is 19.7 Å². The van der Waals surface area contributed by atoms with E-state index in [-0.39, 0.29) is 18.5 Å². The van der Waals surface area contributed by atoms with E-state index in [1.54, 1.807) is 24.0 Å². The number of methoxy groups -OCH3 is 2. The lowest BCUT2D eigenvalue weighted by molar-refractivity contribution is -0.121. The number of anilines is 1. The molecule has 0 aliphatic carbocycles. The van der Waals surface area contributed by atoms with Gasteiger partial charge in [-0.3, -0.25) is 9.69 Å². The van der Waals surface area contributed by atoms with E-state index in [0.29, 0.717) is 19.6 Å². The summed E-state index contributed by atoms with van der Waals surface area (Å²) in [6.07, 6.45) is 0. The second-order valence-electron chi connectivity index (χ2n) is 6.14. The Morgan fingerprint density at radius 3 is 2.48 bits per heavy atom. The number of carbonyl (C=O) groups is 2. The molecule has 1 heterocycles. The van der Waals surface area contributed by atoms with Crippen molar-refractivity contribution in [1.82, 2.24) is 10.2 Å². The molecule has 0 radical (unpaired) electrons. The number of hydrogen-bond donors (Lipinski definition) is 1. The van der Waals surface area contributed by atoms with Crippen LogP contribution in [0.5, 0.6) is 11.5 Å². The molecule has 1 N–H and O–H groups in total. The molecule has 1 saturated heterocycles. The van der Waals surface area contributed by atoms with Crippen molar-refractivity contribution in [2.24, 2.45) is 0 Å². The van der Waals surface area contributed by atoms with E-state index < -0.39 is 0 Å². The molecule has 27 heavy (non-hydrogen) atoms. The van der Waals surface area contributed by atoms with Gasteiger partial charge in [-0.25, -0.2) is 4.79 Å². The van der Waals surface area contributed by atoms with Gasteiger partial charge in [0.2, 0.25) is 5.91 Å². The monoisotopic (exact) mass is 369 g/mol. The number of nitrogens with one attached hydrogen (secondary N) is 1. The average molecular weight is 369 g/mol. The van der Waals surface area contributed by atoms with Crippen LogP contribution in [0.15, 0.2) is 48.5 Å². The topological polar surface area (TPSA) is 71.1 Å². The first-order valence-electron chi connectivity index (χ1n) is 8.71. The smallest absolute Gasteiger partial charge is 0.325 e. The van der Waals surface area contributed by atoms with Crippen LogP contribution in [-0.4, -0.2) is 50.7 Å². The van der Waals surface area contributed by atoms with Crippen LogP contribution in [0, 0.1) is 0 Å². The first-order valence-corrected chi connectivity index (χ1v) is 8.71. The maximum atomic E-state index is 12.6. The Hall–Kier alpha value is -3.22. The van der Waals surface area contributed by atoms with Gasteiger partial charge in [0.05, 0.1) is 14.2 Å². The van der Waals surface area contributed by atoms with Crippen molar-refractivity contribution in [3.05, 3.63) is 54.1 Å². The fraction of sp³-hybridized carbons (Fsp3) is 0.300. The van der Waals surface area contributed by atoms with Crippen molar-refractivity contribution in [3.8, 4) is 11.5 Å². The van der Waals surface area contributed by atoms with Crippen LogP contribution in [0.2, 0.25) is 0 Å². The largest absolute Gasteiger partial charge is 0.497 e. The van der Waals surface area contributed by atoms with Crippen molar-refractivity contribution in [3.63, 3.8) is 0 Å². The molecule has 142 valence electrons. The lowest BCUT2D eigenvalue weighted by atomic mass is 10.2. The summed E-state index contributed by atoms with van der Waals surface area (Å²) in [7, 11) is 3.19. The van der Waals surface area contributed by atoms with Crippen LogP contribution in [0.25, 0.3) is 0 Å². The second kappa shape index (κ2) is 8.44. The van der Waals surface area contributed by atoms with Crippen LogP contribution >= 0.6 is 0 Å². The summed E-state index contributed by atoms with van der Waals surface area (Å²) in [5.41, 5.74) is 1.68. The van der Waals surface area contributed by atoms with Gasteiger partial charge in [0, 0.05) is 30.9 Å². The van der Waals surface area contributed by atoms with Gasteiger partial charge in [0.1, 0.15) is 18.0 Å². The van der Waals surface area contributed by atoms with Gasteiger partial charge in [-0.05, 0) is 30.3 Å². The molecule has 1 fully saturated rings. The Morgan fingerprint density at radius 1 is 1.04 bits per heavy atom. The number of urea groups is 1. The van der Waals surface area contributed by atoms with Crippen LogP contribution in [0.4, 0.5) is 10.5 Å². The Balaban J connectivity index is 1.54. The van der Waals surface area contributed by atoms with E-state index in [1.807, 2.05) is 48.5 Å².